The molecule has 7 heteroatoms. The topological polar surface area (TPSA) is 57.6 Å². The molecule has 0 atom stereocenters. The molecule has 4 nitrogen and oxygen atoms in total. The van der Waals surface area contributed by atoms with Crippen molar-refractivity contribution in [3.05, 3.63) is 33.0 Å². The highest BCUT2D eigenvalue weighted by Crippen LogP contribution is 2.27. The van der Waals surface area contributed by atoms with Crippen molar-refractivity contribution >= 4 is 39.4 Å². The lowest BCUT2D eigenvalue weighted by atomic mass is 9.89. The second kappa shape index (κ2) is 6.75. The first-order valence-corrected chi connectivity index (χ1v) is 7.69. The van der Waals surface area contributed by atoms with E-state index in [1.54, 1.807) is 6.07 Å². The fraction of sp³-hybridized carbons (Fsp3) is 0.429. The molecular formula is C14H14BrClFNO3. The van der Waals surface area contributed by atoms with Crippen molar-refractivity contribution in [2.75, 3.05) is 13.1 Å². The Morgan fingerprint density at radius 3 is 2.52 bits per heavy atom. The number of carboxylic acid groups (broad SMARTS) is 1. The molecule has 0 aliphatic carbocycles. The summed E-state index contributed by atoms with van der Waals surface area (Å²) in [6.45, 7) is 0.687. The number of benzene rings is 1. The quantitative estimate of drug-likeness (QED) is 0.871. The average Bonchev–Trinajstić information content (AvgIpc) is 2.42. The van der Waals surface area contributed by atoms with E-state index in [4.69, 9.17) is 16.7 Å². The number of likely N-dealkylation sites (tertiary alicyclic amines) is 1. The Kier molecular flexibility index (Phi) is 5.22. The molecule has 0 bridgehead atoms. The molecule has 21 heavy (non-hydrogen) atoms. The summed E-state index contributed by atoms with van der Waals surface area (Å²) in [5, 5.41) is 9.14. The summed E-state index contributed by atoms with van der Waals surface area (Å²) in [7, 11) is 0. The number of rotatable bonds is 3. The zero-order valence-corrected chi connectivity index (χ0v) is 13.5. The smallest absolute Gasteiger partial charge is 0.407 e. The minimum absolute atomic E-state index is 0.0126. The fourth-order valence-corrected chi connectivity index (χ4v) is 3.37. The molecule has 1 aromatic carbocycles. The van der Waals surface area contributed by atoms with E-state index in [1.165, 1.54) is 11.0 Å². The van der Waals surface area contributed by atoms with Crippen molar-refractivity contribution < 1.29 is 19.1 Å². The van der Waals surface area contributed by atoms with Crippen LogP contribution in [0.25, 0.3) is 0 Å². The highest BCUT2D eigenvalue weighted by atomic mass is 79.9. The largest absolute Gasteiger partial charge is 0.465 e. The van der Waals surface area contributed by atoms with Crippen molar-refractivity contribution in [2.24, 2.45) is 5.92 Å². The Bertz CT molecular complexity index is 550. The highest BCUT2D eigenvalue weighted by molar-refractivity contribution is 9.10. The fourth-order valence-electron chi connectivity index (χ4n) is 2.45. The van der Waals surface area contributed by atoms with Crippen molar-refractivity contribution in [3.8, 4) is 0 Å². The minimum atomic E-state index is -0.965. The van der Waals surface area contributed by atoms with E-state index < -0.39 is 11.9 Å². The number of carbonyl (C=O) groups is 2. The van der Waals surface area contributed by atoms with Crippen LogP contribution in [0, 0.1) is 11.7 Å². The first-order valence-electron chi connectivity index (χ1n) is 6.52. The number of hydrogen-bond acceptors (Lipinski definition) is 2. The van der Waals surface area contributed by atoms with Gasteiger partial charge in [-0.3, -0.25) is 4.79 Å². The lowest BCUT2D eigenvalue weighted by molar-refractivity contribution is -0.123. The molecule has 0 spiro atoms. The van der Waals surface area contributed by atoms with Crippen molar-refractivity contribution in [1.82, 2.24) is 4.90 Å². The number of carbonyl (C=O) groups excluding carboxylic acids is 1. The number of ketones is 1. The summed E-state index contributed by atoms with van der Waals surface area (Å²) in [6.07, 6.45) is -0.00978. The number of hydrogen-bond donors (Lipinski definition) is 1. The molecule has 1 fully saturated rings. The van der Waals surface area contributed by atoms with Crippen LogP contribution in [0.5, 0.6) is 0 Å². The van der Waals surface area contributed by atoms with Gasteiger partial charge in [0.2, 0.25) is 0 Å². The molecule has 1 aliphatic heterocycles. The van der Waals surface area contributed by atoms with Crippen molar-refractivity contribution in [3.63, 3.8) is 0 Å². The predicted molar refractivity (Wildman–Crippen MR) is 80.1 cm³/mol. The Labute approximate surface area is 135 Å². The van der Waals surface area contributed by atoms with Gasteiger partial charge in [0.15, 0.2) is 0 Å². The standard InChI is InChI=1S/C14H14BrClFNO3/c15-11-5-9(16)6-12(17)10(11)7-13(19)8-1-3-18(4-2-8)14(20)21/h5-6,8H,1-4,7H2,(H,20,21). The predicted octanol–water partition coefficient (Wildman–Crippen LogP) is 3.74. The number of halogens is 3. The van der Waals surface area contributed by atoms with Gasteiger partial charge in [0.1, 0.15) is 11.6 Å². The Hall–Kier alpha value is -1.14. The molecule has 1 aliphatic rings. The van der Waals surface area contributed by atoms with E-state index in [1.807, 2.05) is 0 Å². The molecule has 114 valence electrons. The number of amides is 1. The monoisotopic (exact) mass is 377 g/mol. The van der Waals surface area contributed by atoms with Gasteiger partial charge in [0.25, 0.3) is 0 Å². The second-order valence-corrected chi connectivity index (χ2v) is 6.33. The third-order valence-corrected chi connectivity index (χ3v) is 4.60. The van der Waals surface area contributed by atoms with Gasteiger partial charge < -0.3 is 10.0 Å². The summed E-state index contributed by atoms with van der Waals surface area (Å²) in [5.74, 6) is -0.796. The summed E-state index contributed by atoms with van der Waals surface area (Å²) in [5.41, 5.74) is 0.296. The van der Waals surface area contributed by atoms with E-state index in [0.717, 1.165) is 0 Å². The SMILES string of the molecule is O=C(Cc1c(F)cc(Cl)cc1Br)C1CCN(C(=O)O)CC1. The van der Waals surface area contributed by atoms with Crippen molar-refractivity contribution in [2.45, 2.75) is 19.3 Å². The lowest BCUT2D eigenvalue weighted by Gasteiger charge is -2.29. The van der Waals surface area contributed by atoms with E-state index in [0.29, 0.717) is 36.0 Å². The van der Waals surface area contributed by atoms with E-state index in [-0.39, 0.29) is 23.1 Å². The summed E-state index contributed by atoms with van der Waals surface area (Å²) in [6, 6.07) is 2.74. The van der Waals surface area contributed by atoms with E-state index >= 15 is 0 Å². The number of piperidine rings is 1. The third kappa shape index (κ3) is 3.95. The summed E-state index contributed by atoms with van der Waals surface area (Å²) < 4.78 is 14.3. The molecule has 0 unspecified atom stereocenters. The zero-order chi connectivity index (χ0) is 15.6. The van der Waals surface area contributed by atoms with Crippen LogP contribution in [0.4, 0.5) is 9.18 Å². The third-order valence-electron chi connectivity index (χ3n) is 3.68. The van der Waals surface area contributed by atoms with Crippen LogP contribution in [0.15, 0.2) is 16.6 Å². The van der Waals surface area contributed by atoms with Crippen LogP contribution >= 0.6 is 27.5 Å². The van der Waals surface area contributed by atoms with Crippen LogP contribution in [0.3, 0.4) is 0 Å². The van der Waals surface area contributed by atoms with Gasteiger partial charge in [-0.2, -0.15) is 0 Å². The summed E-state index contributed by atoms with van der Waals surface area (Å²) >= 11 is 8.95. The molecule has 2 rings (SSSR count). The Morgan fingerprint density at radius 1 is 1.38 bits per heavy atom. The van der Waals surface area contributed by atoms with Gasteiger partial charge >= 0.3 is 6.09 Å². The van der Waals surface area contributed by atoms with Gasteiger partial charge in [0.05, 0.1) is 0 Å². The molecule has 0 saturated carbocycles. The van der Waals surface area contributed by atoms with Gasteiger partial charge in [-0.15, -0.1) is 0 Å². The molecule has 1 N–H and O–H groups in total. The molecule has 0 aromatic heterocycles. The van der Waals surface area contributed by atoms with Crippen LogP contribution in [-0.2, 0) is 11.2 Å². The van der Waals surface area contributed by atoms with Crippen LogP contribution in [0.2, 0.25) is 5.02 Å². The molecular weight excluding hydrogens is 365 g/mol. The zero-order valence-electron chi connectivity index (χ0n) is 11.1. The first-order chi connectivity index (χ1) is 9.88. The highest BCUT2D eigenvalue weighted by Gasteiger charge is 2.27. The van der Waals surface area contributed by atoms with Gasteiger partial charge in [-0.05, 0) is 25.0 Å². The Morgan fingerprint density at radius 2 is 2.00 bits per heavy atom. The van der Waals surface area contributed by atoms with Gasteiger partial charge in [0, 0.05) is 40.5 Å². The second-order valence-electron chi connectivity index (χ2n) is 5.03. The molecule has 1 aromatic rings. The van der Waals surface area contributed by atoms with E-state index in [9.17, 15) is 14.0 Å². The maximum Gasteiger partial charge on any atom is 0.407 e. The Balaban J connectivity index is 2.01. The molecule has 1 heterocycles. The van der Waals surface area contributed by atoms with Crippen LogP contribution in [0.1, 0.15) is 18.4 Å². The van der Waals surface area contributed by atoms with Crippen LogP contribution in [-0.4, -0.2) is 35.0 Å². The minimum Gasteiger partial charge on any atom is -0.465 e. The summed E-state index contributed by atoms with van der Waals surface area (Å²) in [4.78, 5) is 24.4. The molecule has 1 amide bonds. The normalized spacial score (nSPS) is 16.0. The van der Waals surface area contributed by atoms with Crippen LogP contribution < -0.4 is 0 Å². The van der Waals surface area contributed by atoms with Gasteiger partial charge in [-0.1, -0.05) is 27.5 Å². The average molecular weight is 379 g/mol. The molecule has 1 saturated heterocycles. The maximum absolute atomic E-state index is 13.9. The first kappa shape index (κ1) is 16.2. The maximum atomic E-state index is 13.9. The van der Waals surface area contributed by atoms with Crippen molar-refractivity contribution in [1.29, 1.82) is 0 Å². The number of nitrogens with zero attached hydrogens (tertiary/aromatic N) is 1. The molecule has 0 radical (unpaired) electrons. The number of Topliss-reactive ketones (excluding diaryl/α,β-unsaturated/α-hetero) is 1. The van der Waals surface area contributed by atoms with E-state index in [2.05, 4.69) is 15.9 Å². The lowest BCUT2D eigenvalue weighted by Crippen LogP contribution is -2.39. The van der Waals surface area contributed by atoms with Gasteiger partial charge in [-0.25, -0.2) is 9.18 Å².